The molecule has 2 aromatic rings. The summed E-state index contributed by atoms with van der Waals surface area (Å²) >= 11 is 12.0. The minimum atomic E-state index is -0.197. The van der Waals surface area contributed by atoms with Gasteiger partial charge in [-0.1, -0.05) is 30.1 Å². The van der Waals surface area contributed by atoms with Crippen molar-refractivity contribution >= 4 is 40.5 Å². The Morgan fingerprint density at radius 2 is 2.05 bits per heavy atom. The third kappa shape index (κ3) is 4.34. The quantitative estimate of drug-likeness (QED) is 0.863. The van der Waals surface area contributed by atoms with Gasteiger partial charge in [-0.3, -0.25) is 9.78 Å². The zero-order valence-corrected chi connectivity index (χ0v) is 13.0. The molecule has 21 heavy (non-hydrogen) atoms. The Balaban J connectivity index is 2.17. The molecule has 2 N–H and O–H groups in total. The minimum Gasteiger partial charge on any atom is -0.354 e. The Bertz CT molecular complexity index is 647. The number of aromatic nitrogens is 1. The molecule has 0 aliphatic rings. The van der Waals surface area contributed by atoms with Crippen molar-refractivity contribution in [3.05, 3.63) is 52.3 Å². The van der Waals surface area contributed by atoms with Gasteiger partial charge in [0, 0.05) is 23.5 Å². The maximum atomic E-state index is 11.9. The van der Waals surface area contributed by atoms with Gasteiger partial charge in [0.25, 0.3) is 5.91 Å². The number of carbonyl (C=O) groups excluding carboxylic acids is 1. The number of pyridine rings is 1. The fourth-order valence-electron chi connectivity index (χ4n) is 1.71. The van der Waals surface area contributed by atoms with E-state index in [1.807, 2.05) is 6.92 Å². The van der Waals surface area contributed by atoms with Gasteiger partial charge in [0.15, 0.2) is 0 Å². The van der Waals surface area contributed by atoms with Gasteiger partial charge in [-0.05, 0) is 36.8 Å². The summed E-state index contributed by atoms with van der Waals surface area (Å²) in [4.78, 5) is 15.9. The number of rotatable bonds is 5. The van der Waals surface area contributed by atoms with Crippen LogP contribution in [-0.4, -0.2) is 17.4 Å². The van der Waals surface area contributed by atoms with E-state index < -0.39 is 0 Å². The van der Waals surface area contributed by atoms with E-state index in [1.165, 1.54) is 0 Å². The maximum Gasteiger partial charge on any atom is 0.269 e. The van der Waals surface area contributed by atoms with Crippen molar-refractivity contribution in [3.8, 4) is 0 Å². The van der Waals surface area contributed by atoms with Gasteiger partial charge in [-0.25, -0.2) is 0 Å². The summed E-state index contributed by atoms with van der Waals surface area (Å²) in [5.74, 6) is -0.197. The molecular formula is C15H15Cl2N3O. The molecule has 0 bridgehead atoms. The Hall–Kier alpha value is -1.78. The van der Waals surface area contributed by atoms with Crippen molar-refractivity contribution in [2.45, 2.75) is 13.3 Å². The first-order chi connectivity index (χ1) is 10.1. The second-order valence-corrected chi connectivity index (χ2v) is 5.28. The fraction of sp³-hybridized carbons (Fsp3) is 0.200. The first-order valence-electron chi connectivity index (χ1n) is 6.56. The summed E-state index contributed by atoms with van der Waals surface area (Å²) in [6.07, 6.45) is 2.45. The third-order valence-electron chi connectivity index (χ3n) is 2.74. The summed E-state index contributed by atoms with van der Waals surface area (Å²) in [5, 5.41) is 7.04. The maximum absolute atomic E-state index is 11.9. The van der Waals surface area contributed by atoms with Crippen LogP contribution in [0.15, 0.2) is 36.5 Å². The highest BCUT2D eigenvalue weighted by atomic mass is 35.5. The number of benzene rings is 1. The standard InChI is InChI=1S/C15H15Cl2N3O/c1-2-6-19-15(21)14-9-11(5-7-18-14)20-13-8-10(16)3-4-12(13)17/h3-5,7-9H,2,6H2,1H3,(H,18,20)(H,19,21). The molecule has 0 aliphatic carbocycles. The minimum absolute atomic E-state index is 0.197. The highest BCUT2D eigenvalue weighted by Gasteiger charge is 2.08. The summed E-state index contributed by atoms with van der Waals surface area (Å²) < 4.78 is 0. The Morgan fingerprint density at radius 1 is 1.24 bits per heavy atom. The van der Waals surface area contributed by atoms with Gasteiger partial charge in [0.2, 0.25) is 0 Å². The summed E-state index contributed by atoms with van der Waals surface area (Å²) in [5.41, 5.74) is 1.75. The van der Waals surface area contributed by atoms with Gasteiger partial charge in [-0.2, -0.15) is 0 Å². The van der Waals surface area contributed by atoms with E-state index in [4.69, 9.17) is 23.2 Å². The monoisotopic (exact) mass is 323 g/mol. The third-order valence-corrected chi connectivity index (χ3v) is 3.30. The zero-order valence-electron chi connectivity index (χ0n) is 11.5. The molecule has 1 aromatic heterocycles. The Labute approximate surface area is 133 Å². The number of hydrogen-bond acceptors (Lipinski definition) is 3. The van der Waals surface area contributed by atoms with E-state index in [0.717, 1.165) is 12.1 Å². The lowest BCUT2D eigenvalue weighted by Gasteiger charge is -2.10. The van der Waals surface area contributed by atoms with E-state index in [9.17, 15) is 4.79 Å². The predicted molar refractivity (Wildman–Crippen MR) is 86.6 cm³/mol. The highest BCUT2D eigenvalue weighted by molar-refractivity contribution is 6.35. The van der Waals surface area contributed by atoms with Crippen LogP contribution < -0.4 is 10.6 Å². The van der Waals surface area contributed by atoms with Gasteiger partial charge >= 0.3 is 0 Å². The van der Waals surface area contributed by atoms with Crippen LogP contribution in [0.5, 0.6) is 0 Å². The molecule has 2 rings (SSSR count). The van der Waals surface area contributed by atoms with Crippen molar-refractivity contribution in [1.29, 1.82) is 0 Å². The molecule has 0 aliphatic heterocycles. The summed E-state index contributed by atoms with van der Waals surface area (Å²) in [7, 11) is 0. The van der Waals surface area contributed by atoms with Crippen LogP contribution in [0.1, 0.15) is 23.8 Å². The SMILES string of the molecule is CCCNC(=O)c1cc(Nc2cc(Cl)ccc2Cl)ccn1. The zero-order chi connectivity index (χ0) is 15.2. The molecule has 0 saturated heterocycles. The van der Waals surface area contributed by atoms with Crippen molar-refractivity contribution in [3.63, 3.8) is 0 Å². The molecule has 0 spiro atoms. The molecule has 1 aromatic carbocycles. The molecule has 6 heteroatoms. The molecule has 1 amide bonds. The van der Waals surface area contributed by atoms with Crippen LogP contribution in [0.2, 0.25) is 10.0 Å². The number of nitrogens with zero attached hydrogens (tertiary/aromatic N) is 1. The Kier molecular flexibility index (Phi) is 5.42. The Morgan fingerprint density at radius 3 is 2.81 bits per heavy atom. The van der Waals surface area contributed by atoms with Crippen molar-refractivity contribution < 1.29 is 4.79 Å². The van der Waals surface area contributed by atoms with Crippen molar-refractivity contribution in [2.75, 3.05) is 11.9 Å². The number of amides is 1. The van der Waals surface area contributed by atoms with Gasteiger partial charge in [0.05, 0.1) is 10.7 Å². The number of hydrogen-bond donors (Lipinski definition) is 2. The predicted octanol–water partition coefficient (Wildman–Crippen LogP) is 4.27. The van der Waals surface area contributed by atoms with Crippen molar-refractivity contribution in [1.82, 2.24) is 10.3 Å². The van der Waals surface area contributed by atoms with E-state index in [1.54, 1.807) is 36.5 Å². The first-order valence-corrected chi connectivity index (χ1v) is 7.32. The summed E-state index contributed by atoms with van der Waals surface area (Å²) in [6, 6.07) is 8.57. The van der Waals surface area contributed by atoms with Gasteiger partial charge in [0.1, 0.15) is 5.69 Å². The molecule has 0 radical (unpaired) electrons. The summed E-state index contributed by atoms with van der Waals surface area (Å²) in [6.45, 7) is 2.62. The molecule has 0 atom stereocenters. The van der Waals surface area contributed by atoms with Gasteiger partial charge in [-0.15, -0.1) is 0 Å². The average Bonchev–Trinajstić information content (AvgIpc) is 2.49. The molecule has 0 saturated carbocycles. The van der Waals surface area contributed by atoms with Crippen molar-refractivity contribution in [2.24, 2.45) is 0 Å². The molecular weight excluding hydrogens is 309 g/mol. The number of anilines is 2. The molecule has 110 valence electrons. The topological polar surface area (TPSA) is 54.0 Å². The fourth-order valence-corrected chi connectivity index (χ4v) is 2.05. The number of nitrogens with one attached hydrogen (secondary N) is 2. The second kappa shape index (κ2) is 7.29. The lowest BCUT2D eigenvalue weighted by Crippen LogP contribution is -2.24. The van der Waals surface area contributed by atoms with Crippen LogP contribution >= 0.6 is 23.2 Å². The number of halogens is 2. The smallest absolute Gasteiger partial charge is 0.269 e. The van der Waals surface area contributed by atoms with Crippen LogP contribution in [0, 0.1) is 0 Å². The number of carbonyl (C=O) groups is 1. The van der Waals surface area contributed by atoms with Gasteiger partial charge < -0.3 is 10.6 Å². The first kappa shape index (κ1) is 15.6. The molecule has 0 fully saturated rings. The molecule has 1 heterocycles. The highest BCUT2D eigenvalue weighted by Crippen LogP contribution is 2.28. The molecule has 4 nitrogen and oxygen atoms in total. The van der Waals surface area contributed by atoms with Crippen LogP contribution in [-0.2, 0) is 0 Å². The lowest BCUT2D eigenvalue weighted by molar-refractivity contribution is 0.0949. The van der Waals surface area contributed by atoms with Crippen LogP contribution in [0.25, 0.3) is 0 Å². The lowest BCUT2D eigenvalue weighted by atomic mass is 10.2. The average molecular weight is 324 g/mol. The second-order valence-electron chi connectivity index (χ2n) is 4.43. The van der Waals surface area contributed by atoms with Crippen LogP contribution in [0.3, 0.4) is 0 Å². The van der Waals surface area contributed by atoms with E-state index >= 15 is 0 Å². The normalized spacial score (nSPS) is 10.2. The van der Waals surface area contributed by atoms with E-state index in [-0.39, 0.29) is 5.91 Å². The van der Waals surface area contributed by atoms with Crippen LogP contribution in [0.4, 0.5) is 11.4 Å². The largest absolute Gasteiger partial charge is 0.354 e. The van der Waals surface area contributed by atoms with E-state index in [2.05, 4.69) is 15.6 Å². The molecule has 0 unspecified atom stereocenters. The van der Waals surface area contributed by atoms with E-state index in [0.29, 0.717) is 28.0 Å².